The van der Waals surface area contributed by atoms with Gasteiger partial charge in [-0.15, -0.1) is 0 Å². The minimum absolute atomic E-state index is 0.739. The third-order valence-corrected chi connectivity index (χ3v) is 4.09. The molecule has 0 radical (unpaired) electrons. The monoisotopic (exact) mass is 280 g/mol. The number of methoxy groups -OCH3 is 1. The van der Waals surface area contributed by atoms with Crippen LogP contribution in [0.3, 0.4) is 0 Å². The number of nitrogens with zero attached hydrogens (tertiary/aromatic N) is 3. The van der Waals surface area contributed by atoms with Crippen LogP contribution in [0, 0.1) is 5.92 Å². The van der Waals surface area contributed by atoms with Crippen LogP contribution in [0.5, 0.6) is 0 Å². The molecule has 5 heteroatoms. The second-order valence-electron chi connectivity index (χ2n) is 5.56. The molecule has 1 fully saturated rings. The van der Waals surface area contributed by atoms with Crippen molar-refractivity contribution < 1.29 is 4.74 Å². The van der Waals surface area contributed by atoms with Gasteiger partial charge in [-0.2, -0.15) is 0 Å². The third kappa shape index (κ3) is 3.73. The Hall–Kier alpha value is -1.07. The number of hydrogen-bond donors (Lipinski definition) is 1. The molecule has 20 heavy (non-hydrogen) atoms. The average Bonchev–Trinajstić information content (AvgIpc) is 2.89. The van der Waals surface area contributed by atoms with Crippen molar-refractivity contribution in [2.24, 2.45) is 5.92 Å². The van der Waals surface area contributed by atoms with Crippen LogP contribution in [0.15, 0.2) is 6.20 Å². The van der Waals surface area contributed by atoms with Gasteiger partial charge in [-0.3, -0.25) is 0 Å². The van der Waals surface area contributed by atoms with E-state index < -0.39 is 0 Å². The Morgan fingerprint density at radius 1 is 1.40 bits per heavy atom. The van der Waals surface area contributed by atoms with Crippen molar-refractivity contribution in [1.82, 2.24) is 14.9 Å². The van der Waals surface area contributed by atoms with E-state index in [1.165, 1.54) is 18.5 Å². The quantitative estimate of drug-likeness (QED) is 0.822. The van der Waals surface area contributed by atoms with Gasteiger partial charge in [0.2, 0.25) is 5.95 Å². The van der Waals surface area contributed by atoms with E-state index in [9.17, 15) is 0 Å². The van der Waals surface area contributed by atoms with Crippen molar-refractivity contribution in [2.45, 2.75) is 32.7 Å². The predicted molar refractivity (Wildman–Crippen MR) is 82.3 cm³/mol. The van der Waals surface area contributed by atoms with Crippen LogP contribution in [-0.2, 0) is 17.7 Å². The number of ether oxygens (including phenoxy) is 1. The number of aryl methyl sites for hydroxylation is 1. The summed E-state index contributed by atoms with van der Waals surface area (Å²) in [5.41, 5.74) is 1.17. The molecule has 0 aromatic carbocycles. The van der Waals surface area contributed by atoms with Crippen molar-refractivity contribution in [3.8, 4) is 0 Å². The zero-order chi connectivity index (χ0) is 14.4. The van der Waals surface area contributed by atoms with Crippen LogP contribution in [0.25, 0.3) is 0 Å². The molecule has 5 nitrogen and oxygen atoms in total. The number of anilines is 1. The molecular weight excluding hydrogens is 252 g/mol. The second kappa shape index (κ2) is 7.64. The first-order valence-electron chi connectivity index (χ1n) is 7.73. The van der Waals surface area contributed by atoms with Crippen molar-refractivity contribution in [2.75, 3.05) is 45.3 Å². The molecule has 0 spiro atoms. The molecule has 0 unspecified atom stereocenters. The number of nitrogens with one attached hydrogen (secondary N) is 1. The Kier molecular flexibility index (Phi) is 5.86. The molecule has 2 rings (SSSR count). The molecule has 0 amide bonds. The van der Waals surface area contributed by atoms with Crippen molar-refractivity contribution >= 4 is 5.95 Å². The summed E-state index contributed by atoms with van der Waals surface area (Å²) in [4.78, 5) is 7.23. The van der Waals surface area contributed by atoms with Gasteiger partial charge in [-0.1, -0.05) is 6.92 Å². The maximum atomic E-state index is 5.20. The van der Waals surface area contributed by atoms with Gasteiger partial charge < -0.3 is 19.5 Å². The second-order valence-corrected chi connectivity index (χ2v) is 5.56. The van der Waals surface area contributed by atoms with Crippen LogP contribution >= 0.6 is 0 Å². The summed E-state index contributed by atoms with van der Waals surface area (Å²) < 4.78 is 7.46. The van der Waals surface area contributed by atoms with Crippen molar-refractivity contribution in [3.63, 3.8) is 0 Å². The molecule has 1 aromatic heterocycles. The Morgan fingerprint density at radius 3 is 2.75 bits per heavy atom. The maximum absolute atomic E-state index is 5.20. The van der Waals surface area contributed by atoms with E-state index in [2.05, 4.69) is 27.9 Å². The number of aromatic nitrogens is 2. The highest BCUT2D eigenvalue weighted by molar-refractivity contribution is 5.34. The first-order chi connectivity index (χ1) is 9.78. The normalized spacial score (nSPS) is 16.9. The lowest BCUT2D eigenvalue weighted by atomic mass is 9.97. The fourth-order valence-electron chi connectivity index (χ4n) is 2.86. The zero-order valence-corrected chi connectivity index (χ0v) is 13.1. The van der Waals surface area contributed by atoms with E-state index in [1.54, 1.807) is 7.11 Å². The molecule has 0 bridgehead atoms. The molecule has 0 atom stereocenters. The van der Waals surface area contributed by atoms with E-state index in [0.717, 1.165) is 51.1 Å². The van der Waals surface area contributed by atoms with Crippen molar-refractivity contribution in [1.29, 1.82) is 0 Å². The Balaban J connectivity index is 2.02. The lowest BCUT2D eigenvalue weighted by Gasteiger charge is -2.32. The Bertz CT molecular complexity index is 397. The molecule has 0 aliphatic carbocycles. The van der Waals surface area contributed by atoms with Gasteiger partial charge in [0, 0.05) is 32.9 Å². The summed E-state index contributed by atoms with van der Waals surface area (Å²) >= 11 is 0. The largest absolute Gasteiger partial charge is 0.383 e. The summed E-state index contributed by atoms with van der Waals surface area (Å²) in [5, 5.41) is 3.29. The van der Waals surface area contributed by atoms with E-state index in [1.807, 2.05) is 7.05 Å². The number of imidazole rings is 1. The number of hydrogen-bond acceptors (Lipinski definition) is 4. The third-order valence-electron chi connectivity index (χ3n) is 4.09. The predicted octanol–water partition coefficient (Wildman–Crippen LogP) is 1.53. The molecule has 0 saturated carbocycles. The minimum atomic E-state index is 0.739. The van der Waals surface area contributed by atoms with Gasteiger partial charge in [0.05, 0.1) is 12.3 Å². The minimum Gasteiger partial charge on any atom is -0.383 e. The summed E-state index contributed by atoms with van der Waals surface area (Å²) in [5.74, 6) is 1.94. The fraction of sp³-hybridized carbons (Fsp3) is 0.800. The highest BCUT2D eigenvalue weighted by atomic mass is 16.5. The van der Waals surface area contributed by atoms with Crippen LogP contribution in [0.1, 0.15) is 25.5 Å². The van der Waals surface area contributed by atoms with Crippen LogP contribution in [-0.4, -0.2) is 49.9 Å². The average molecular weight is 280 g/mol. The number of piperidine rings is 1. The van der Waals surface area contributed by atoms with E-state index in [0.29, 0.717) is 0 Å². The first-order valence-corrected chi connectivity index (χ1v) is 7.73. The van der Waals surface area contributed by atoms with E-state index in [-0.39, 0.29) is 0 Å². The van der Waals surface area contributed by atoms with E-state index >= 15 is 0 Å². The lowest BCUT2D eigenvalue weighted by Crippen LogP contribution is -2.38. The molecule has 1 aromatic rings. The van der Waals surface area contributed by atoms with Crippen LogP contribution in [0.2, 0.25) is 0 Å². The van der Waals surface area contributed by atoms with Gasteiger partial charge >= 0.3 is 0 Å². The molecular formula is C15H28N4O. The molecule has 1 aliphatic rings. The summed E-state index contributed by atoms with van der Waals surface area (Å²) in [7, 11) is 3.79. The Labute approximate surface area is 122 Å². The summed E-state index contributed by atoms with van der Waals surface area (Å²) in [6.45, 7) is 7.13. The smallest absolute Gasteiger partial charge is 0.205 e. The van der Waals surface area contributed by atoms with Gasteiger partial charge in [-0.05, 0) is 38.8 Å². The number of rotatable bonds is 7. The first kappa shape index (κ1) is 15.3. The molecule has 1 aliphatic heterocycles. The Morgan fingerprint density at radius 2 is 2.15 bits per heavy atom. The lowest BCUT2D eigenvalue weighted by molar-refractivity contribution is 0.187. The standard InChI is InChI=1S/C15H28N4O/c1-4-14-12-19(9-10-20-3)15(17-14)18-7-5-13(6-8-18)11-16-2/h12-13,16H,4-11H2,1-3H3. The summed E-state index contributed by atoms with van der Waals surface area (Å²) in [6, 6.07) is 0. The fourth-order valence-corrected chi connectivity index (χ4v) is 2.86. The van der Waals surface area contributed by atoms with Gasteiger partial charge in [0.25, 0.3) is 0 Å². The highest BCUT2D eigenvalue weighted by Crippen LogP contribution is 2.23. The van der Waals surface area contributed by atoms with Crippen LogP contribution < -0.4 is 10.2 Å². The summed E-state index contributed by atoms with van der Waals surface area (Å²) in [6.07, 6.45) is 5.66. The van der Waals surface area contributed by atoms with Gasteiger partial charge in [0.15, 0.2) is 0 Å². The van der Waals surface area contributed by atoms with Gasteiger partial charge in [0.1, 0.15) is 0 Å². The molecule has 2 heterocycles. The molecule has 1 N–H and O–H groups in total. The highest BCUT2D eigenvalue weighted by Gasteiger charge is 2.22. The van der Waals surface area contributed by atoms with Crippen LogP contribution in [0.4, 0.5) is 5.95 Å². The molecule has 1 saturated heterocycles. The SMILES string of the molecule is CCc1cn(CCOC)c(N2CCC(CNC)CC2)n1. The molecule has 114 valence electrons. The topological polar surface area (TPSA) is 42.3 Å². The van der Waals surface area contributed by atoms with Gasteiger partial charge in [-0.25, -0.2) is 4.98 Å². The maximum Gasteiger partial charge on any atom is 0.205 e. The van der Waals surface area contributed by atoms with E-state index in [4.69, 9.17) is 9.72 Å². The van der Waals surface area contributed by atoms with Crippen molar-refractivity contribution in [3.05, 3.63) is 11.9 Å². The zero-order valence-electron chi connectivity index (χ0n) is 13.1.